The van der Waals surface area contributed by atoms with Crippen LogP contribution >= 0.6 is 0 Å². The van der Waals surface area contributed by atoms with Crippen LogP contribution in [0.2, 0.25) is 0 Å². The fraction of sp³-hybridized carbons (Fsp3) is 0.0625. The largest absolute Gasteiger partial charge is 0.478 e. The molecule has 0 spiro atoms. The number of halogens is 3. The zero-order valence-electron chi connectivity index (χ0n) is 12.4. The average molecular weight is 349 g/mol. The second-order valence-electron chi connectivity index (χ2n) is 5.12. The monoisotopic (exact) mass is 349 g/mol. The summed E-state index contributed by atoms with van der Waals surface area (Å²) in [6, 6.07) is 8.17. The molecule has 0 saturated heterocycles. The first-order valence-corrected chi connectivity index (χ1v) is 6.96. The third-order valence-electron chi connectivity index (χ3n) is 3.45. The maximum Gasteiger partial charge on any atom is 0.416 e. The molecule has 3 rings (SSSR count). The minimum absolute atomic E-state index is 0.00593. The highest BCUT2D eigenvalue weighted by Gasteiger charge is 2.30. The zero-order valence-corrected chi connectivity index (χ0v) is 12.4. The second-order valence-corrected chi connectivity index (χ2v) is 5.12. The number of nitrogens with zero attached hydrogens (tertiary/aromatic N) is 1. The van der Waals surface area contributed by atoms with Crippen molar-refractivity contribution in [2.24, 2.45) is 0 Å². The van der Waals surface area contributed by atoms with E-state index in [0.717, 1.165) is 24.3 Å². The summed E-state index contributed by atoms with van der Waals surface area (Å²) in [5.74, 6) is -1.85. The van der Waals surface area contributed by atoms with Gasteiger partial charge >= 0.3 is 12.1 Å². The number of anilines is 1. The smallest absolute Gasteiger partial charge is 0.416 e. The van der Waals surface area contributed by atoms with E-state index in [1.165, 1.54) is 12.1 Å². The first kappa shape index (κ1) is 16.5. The van der Waals surface area contributed by atoms with E-state index in [-0.39, 0.29) is 22.6 Å². The topological polar surface area (TPSA) is 95.1 Å². The fourth-order valence-corrected chi connectivity index (χ4v) is 2.25. The van der Waals surface area contributed by atoms with Crippen molar-refractivity contribution in [3.63, 3.8) is 0 Å². The van der Waals surface area contributed by atoms with Gasteiger partial charge in [-0.15, -0.1) is 0 Å². The molecule has 25 heavy (non-hydrogen) atoms. The molecule has 2 aromatic carbocycles. The Kier molecular flexibility index (Phi) is 3.91. The Hall–Kier alpha value is -3.36. The van der Waals surface area contributed by atoms with E-state index in [4.69, 9.17) is 5.11 Å². The predicted octanol–water partition coefficient (Wildman–Crippen LogP) is 3.53. The molecular formula is C16H10F3N3O3. The lowest BCUT2D eigenvalue weighted by Gasteiger charge is -2.07. The molecule has 9 heteroatoms. The third kappa shape index (κ3) is 3.30. The number of rotatable bonds is 3. The minimum Gasteiger partial charge on any atom is -0.478 e. The normalized spacial score (nSPS) is 11.5. The predicted molar refractivity (Wildman–Crippen MR) is 82.5 cm³/mol. The van der Waals surface area contributed by atoms with Gasteiger partial charge in [0.25, 0.3) is 5.91 Å². The molecule has 0 aliphatic carbocycles. The lowest BCUT2D eigenvalue weighted by molar-refractivity contribution is -0.137. The number of carbonyl (C=O) groups is 2. The van der Waals surface area contributed by atoms with E-state index in [9.17, 15) is 22.8 Å². The molecule has 0 atom stereocenters. The second kappa shape index (κ2) is 5.93. The number of carboxylic acids is 1. The number of amides is 1. The van der Waals surface area contributed by atoms with Crippen LogP contribution < -0.4 is 5.32 Å². The van der Waals surface area contributed by atoms with E-state index in [0.29, 0.717) is 5.52 Å². The SMILES string of the molecule is O=C(Nc1nc2c(C(=O)O)cccc2[nH]1)c1ccc(C(F)(F)F)cc1. The van der Waals surface area contributed by atoms with Gasteiger partial charge < -0.3 is 10.1 Å². The summed E-state index contributed by atoms with van der Waals surface area (Å²) in [6.45, 7) is 0. The lowest BCUT2D eigenvalue weighted by atomic mass is 10.1. The Morgan fingerprint density at radius 1 is 1.08 bits per heavy atom. The van der Waals surface area contributed by atoms with Crippen molar-refractivity contribution < 1.29 is 27.9 Å². The Balaban J connectivity index is 1.85. The van der Waals surface area contributed by atoms with E-state index >= 15 is 0 Å². The fourth-order valence-electron chi connectivity index (χ4n) is 2.25. The molecule has 1 amide bonds. The molecule has 0 radical (unpaired) electrons. The molecule has 1 aromatic heterocycles. The van der Waals surface area contributed by atoms with E-state index in [2.05, 4.69) is 15.3 Å². The van der Waals surface area contributed by atoms with Gasteiger partial charge in [0.2, 0.25) is 5.95 Å². The van der Waals surface area contributed by atoms with Crippen molar-refractivity contribution in [3.05, 3.63) is 59.2 Å². The van der Waals surface area contributed by atoms with E-state index < -0.39 is 23.6 Å². The van der Waals surface area contributed by atoms with Gasteiger partial charge in [0, 0.05) is 5.56 Å². The highest BCUT2D eigenvalue weighted by Crippen LogP contribution is 2.29. The van der Waals surface area contributed by atoms with Gasteiger partial charge in [0.05, 0.1) is 16.6 Å². The van der Waals surface area contributed by atoms with Gasteiger partial charge in [-0.1, -0.05) is 6.07 Å². The van der Waals surface area contributed by atoms with Crippen LogP contribution in [0.15, 0.2) is 42.5 Å². The first-order valence-electron chi connectivity index (χ1n) is 6.96. The number of imidazole rings is 1. The molecule has 0 saturated carbocycles. The number of aromatic amines is 1. The van der Waals surface area contributed by atoms with Gasteiger partial charge in [-0.3, -0.25) is 10.1 Å². The number of hydrogen-bond acceptors (Lipinski definition) is 3. The molecule has 1 heterocycles. The number of benzene rings is 2. The minimum atomic E-state index is -4.49. The van der Waals surface area contributed by atoms with Crippen LogP contribution in [0.3, 0.4) is 0 Å². The molecule has 0 unspecified atom stereocenters. The summed E-state index contributed by atoms with van der Waals surface area (Å²) in [5.41, 5.74) is -0.324. The Labute approximate surface area is 138 Å². The van der Waals surface area contributed by atoms with E-state index in [1.54, 1.807) is 6.07 Å². The molecule has 128 valence electrons. The number of hydrogen-bond donors (Lipinski definition) is 3. The summed E-state index contributed by atoms with van der Waals surface area (Å²) >= 11 is 0. The number of H-pyrrole nitrogens is 1. The number of carbonyl (C=O) groups excluding carboxylic acids is 1. The van der Waals surface area contributed by atoms with Crippen LogP contribution in [0.25, 0.3) is 11.0 Å². The molecule has 0 fully saturated rings. The Morgan fingerprint density at radius 2 is 1.76 bits per heavy atom. The quantitative estimate of drug-likeness (QED) is 0.674. The number of carboxylic acid groups (broad SMARTS) is 1. The number of alkyl halides is 3. The highest BCUT2D eigenvalue weighted by atomic mass is 19.4. The van der Waals surface area contributed by atoms with Crippen LogP contribution in [0.5, 0.6) is 0 Å². The highest BCUT2D eigenvalue weighted by molar-refractivity contribution is 6.05. The molecule has 3 aromatic rings. The lowest BCUT2D eigenvalue weighted by Crippen LogP contribution is -2.13. The van der Waals surface area contributed by atoms with Crippen molar-refractivity contribution in [2.45, 2.75) is 6.18 Å². The maximum atomic E-state index is 12.5. The summed E-state index contributed by atoms with van der Waals surface area (Å²) in [7, 11) is 0. The number of fused-ring (bicyclic) bond motifs is 1. The number of nitrogens with one attached hydrogen (secondary N) is 2. The average Bonchev–Trinajstić information content (AvgIpc) is 2.96. The van der Waals surface area contributed by atoms with Crippen LogP contribution in [0.4, 0.5) is 19.1 Å². The summed E-state index contributed by atoms with van der Waals surface area (Å²) in [6.07, 6.45) is -4.49. The van der Waals surface area contributed by atoms with Gasteiger partial charge in [-0.2, -0.15) is 13.2 Å². The van der Waals surface area contributed by atoms with Crippen molar-refractivity contribution in [3.8, 4) is 0 Å². The van der Waals surface area contributed by atoms with Crippen molar-refractivity contribution >= 4 is 28.9 Å². The maximum absolute atomic E-state index is 12.5. The van der Waals surface area contributed by atoms with Crippen molar-refractivity contribution in [1.29, 1.82) is 0 Å². The summed E-state index contributed by atoms with van der Waals surface area (Å²) < 4.78 is 37.6. The molecule has 3 N–H and O–H groups in total. The van der Waals surface area contributed by atoms with Gasteiger partial charge in [0.1, 0.15) is 5.52 Å². The number of para-hydroxylation sites is 1. The summed E-state index contributed by atoms with van der Waals surface area (Å²) in [4.78, 5) is 30.0. The standard InChI is InChI=1S/C16H10F3N3O3/c17-16(18,19)9-6-4-8(5-7-9)13(23)22-15-20-11-3-1-2-10(14(24)25)12(11)21-15/h1-7H,(H,24,25)(H2,20,21,22,23). The Morgan fingerprint density at radius 3 is 2.36 bits per heavy atom. The molecule has 6 nitrogen and oxygen atoms in total. The molecule has 0 aliphatic heterocycles. The summed E-state index contributed by atoms with van der Waals surface area (Å²) in [5, 5.41) is 11.5. The van der Waals surface area contributed by atoms with Crippen LogP contribution in [0, 0.1) is 0 Å². The van der Waals surface area contributed by atoms with Gasteiger partial charge in [0.15, 0.2) is 0 Å². The third-order valence-corrected chi connectivity index (χ3v) is 3.45. The van der Waals surface area contributed by atoms with Crippen LogP contribution in [-0.4, -0.2) is 27.0 Å². The zero-order chi connectivity index (χ0) is 18.2. The molecular weight excluding hydrogens is 339 g/mol. The van der Waals surface area contributed by atoms with E-state index in [1.807, 2.05) is 0 Å². The van der Waals surface area contributed by atoms with Crippen molar-refractivity contribution in [2.75, 3.05) is 5.32 Å². The van der Waals surface area contributed by atoms with Crippen LogP contribution in [-0.2, 0) is 6.18 Å². The van der Waals surface area contributed by atoms with Gasteiger partial charge in [-0.05, 0) is 36.4 Å². The first-order chi connectivity index (χ1) is 11.8. The van der Waals surface area contributed by atoms with Gasteiger partial charge in [-0.25, -0.2) is 9.78 Å². The molecule has 0 bridgehead atoms. The number of aromatic nitrogens is 2. The van der Waals surface area contributed by atoms with Crippen LogP contribution in [0.1, 0.15) is 26.3 Å². The van der Waals surface area contributed by atoms with Crippen molar-refractivity contribution in [1.82, 2.24) is 9.97 Å². The molecule has 0 aliphatic rings. The number of aromatic carboxylic acids is 1. The Bertz CT molecular complexity index is 962.